The molecular formula is C17H17ClFN5O4. The maximum Gasteiger partial charge on any atom is 0.411 e. The molecule has 0 fully saturated rings. The summed E-state index contributed by atoms with van der Waals surface area (Å²) >= 11 is 5.61. The molecule has 0 radical (unpaired) electrons. The second-order valence-electron chi connectivity index (χ2n) is 5.33. The quantitative estimate of drug-likeness (QED) is 0.654. The molecule has 0 aliphatic carbocycles. The normalized spacial score (nSPS) is 10.0. The molecule has 3 N–H and O–H groups in total. The predicted octanol–water partition coefficient (Wildman–Crippen LogP) is 2.93. The average molecular weight is 410 g/mol. The Balaban J connectivity index is 1.91. The average Bonchev–Trinajstić information content (AvgIpc) is 2.64. The molecule has 4 amide bonds. The van der Waals surface area contributed by atoms with Crippen molar-refractivity contribution in [3.8, 4) is 0 Å². The number of benzene rings is 1. The largest absolute Gasteiger partial charge is 0.450 e. The van der Waals surface area contributed by atoms with E-state index in [0.717, 1.165) is 12.1 Å². The zero-order valence-electron chi connectivity index (χ0n) is 15.0. The number of hydrogen-bond donors (Lipinski definition) is 3. The van der Waals surface area contributed by atoms with Gasteiger partial charge in [-0.05, 0) is 37.3 Å². The number of anilines is 2. The molecule has 0 atom stereocenters. The van der Waals surface area contributed by atoms with Crippen LogP contribution < -0.4 is 21.1 Å². The van der Waals surface area contributed by atoms with E-state index in [2.05, 4.69) is 21.0 Å². The number of carbonyl (C=O) groups excluding carboxylic acids is 3. The number of halogens is 2. The lowest BCUT2D eigenvalue weighted by Crippen LogP contribution is -2.47. The molecule has 0 aliphatic rings. The third kappa shape index (κ3) is 5.81. The molecule has 1 aromatic carbocycles. The number of ether oxygens (including phenoxy) is 1. The monoisotopic (exact) mass is 409 g/mol. The van der Waals surface area contributed by atoms with Crippen LogP contribution in [-0.4, -0.2) is 36.7 Å². The maximum atomic E-state index is 13.1. The summed E-state index contributed by atoms with van der Waals surface area (Å²) in [5, 5.41) is 5.59. The number of hydrogen-bond acceptors (Lipinski definition) is 6. The van der Waals surface area contributed by atoms with Crippen molar-refractivity contribution in [2.75, 3.05) is 24.0 Å². The minimum atomic E-state index is -0.830. The summed E-state index contributed by atoms with van der Waals surface area (Å²) in [6.07, 6.45) is 0.760. The highest BCUT2D eigenvalue weighted by molar-refractivity contribution is 6.31. The van der Waals surface area contributed by atoms with Crippen LogP contribution in [-0.2, 0) is 4.74 Å². The molecule has 11 heteroatoms. The summed E-state index contributed by atoms with van der Waals surface area (Å²) in [4.78, 5) is 39.4. The topological polar surface area (TPSA) is 113 Å². The van der Waals surface area contributed by atoms with Gasteiger partial charge in [0.25, 0.3) is 5.91 Å². The maximum absolute atomic E-state index is 13.1. The third-order valence-corrected chi connectivity index (χ3v) is 3.58. The van der Waals surface area contributed by atoms with Crippen molar-refractivity contribution in [3.63, 3.8) is 0 Å². The van der Waals surface area contributed by atoms with Crippen LogP contribution in [0.3, 0.4) is 0 Å². The summed E-state index contributed by atoms with van der Waals surface area (Å²) in [5.74, 6) is -1.09. The first kappa shape index (κ1) is 20.9. The molecule has 28 heavy (non-hydrogen) atoms. The van der Waals surface area contributed by atoms with Crippen LogP contribution in [0.5, 0.6) is 0 Å². The van der Waals surface area contributed by atoms with E-state index in [1.165, 1.54) is 30.4 Å². The number of nitrogens with one attached hydrogen (secondary N) is 3. The fourth-order valence-corrected chi connectivity index (χ4v) is 2.17. The molecule has 1 aromatic heterocycles. The fraction of sp³-hybridized carbons (Fsp3) is 0.176. The Labute approximate surface area is 164 Å². The molecule has 2 aromatic rings. The number of nitrogens with zero attached hydrogens (tertiary/aromatic N) is 2. The lowest BCUT2D eigenvalue weighted by Gasteiger charge is -2.19. The molecule has 0 bridgehead atoms. The van der Waals surface area contributed by atoms with Crippen molar-refractivity contribution in [3.05, 3.63) is 52.9 Å². The molecule has 0 unspecified atom stereocenters. The van der Waals surface area contributed by atoms with Crippen LogP contribution in [0.15, 0.2) is 36.5 Å². The van der Waals surface area contributed by atoms with Gasteiger partial charge in [-0.25, -0.2) is 24.4 Å². The highest BCUT2D eigenvalue weighted by Crippen LogP contribution is 2.16. The molecule has 0 saturated heterocycles. The minimum Gasteiger partial charge on any atom is -0.450 e. The zero-order chi connectivity index (χ0) is 20.7. The smallest absolute Gasteiger partial charge is 0.411 e. The van der Waals surface area contributed by atoms with Gasteiger partial charge in [0.15, 0.2) is 0 Å². The standard InChI is InChI=1S/C17H17ClFN5O4/c1-3-28-17(27)21-11-5-7-14(20-9-11)24(2)23-16(26)22-15(25)10-4-6-13(19)12(18)8-10/h4-9H,3H2,1-2H3,(H,21,27)(H2,22,23,25,26). The van der Waals surface area contributed by atoms with E-state index >= 15 is 0 Å². The van der Waals surface area contributed by atoms with Gasteiger partial charge in [-0.2, -0.15) is 0 Å². The second kappa shape index (κ2) is 9.51. The number of rotatable bonds is 5. The van der Waals surface area contributed by atoms with Crippen LogP contribution in [0.25, 0.3) is 0 Å². The van der Waals surface area contributed by atoms with E-state index in [4.69, 9.17) is 16.3 Å². The van der Waals surface area contributed by atoms with Gasteiger partial charge in [-0.3, -0.25) is 20.4 Å². The second-order valence-corrected chi connectivity index (χ2v) is 5.74. The van der Waals surface area contributed by atoms with E-state index in [0.29, 0.717) is 11.5 Å². The molecule has 0 saturated carbocycles. The van der Waals surface area contributed by atoms with Crippen LogP contribution in [0.2, 0.25) is 5.02 Å². The lowest BCUT2D eigenvalue weighted by atomic mass is 10.2. The summed E-state index contributed by atoms with van der Waals surface area (Å²) < 4.78 is 17.9. The number of carbonyl (C=O) groups is 3. The van der Waals surface area contributed by atoms with Crippen molar-refractivity contribution < 1.29 is 23.5 Å². The fourth-order valence-electron chi connectivity index (χ4n) is 1.99. The molecule has 2 rings (SSSR count). The van der Waals surface area contributed by atoms with Crippen molar-refractivity contribution in [1.29, 1.82) is 0 Å². The predicted molar refractivity (Wildman–Crippen MR) is 101 cm³/mol. The van der Waals surface area contributed by atoms with E-state index in [1.54, 1.807) is 13.0 Å². The Kier molecular flexibility index (Phi) is 7.10. The Bertz CT molecular complexity index is 878. The Morgan fingerprint density at radius 1 is 1.25 bits per heavy atom. The van der Waals surface area contributed by atoms with Crippen molar-refractivity contribution >= 4 is 41.1 Å². The van der Waals surface area contributed by atoms with E-state index in [1.807, 2.05) is 0 Å². The summed E-state index contributed by atoms with van der Waals surface area (Å²) in [6, 6.07) is 5.59. The molecular weight excluding hydrogens is 393 g/mol. The van der Waals surface area contributed by atoms with Crippen molar-refractivity contribution in [2.45, 2.75) is 6.92 Å². The van der Waals surface area contributed by atoms with E-state index in [-0.39, 0.29) is 17.2 Å². The summed E-state index contributed by atoms with van der Waals surface area (Å²) in [6.45, 7) is 1.92. The molecule has 0 aliphatic heterocycles. The van der Waals surface area contributed by atoms with E-state index in [9.17, 15) is 18.8 Å². The number of aromatic nitrogens is 1. The number of urea groups is 1. The number of imide groups is 1. The lowest BCUT2D eigenvalue weighted by molar-refractivity contribution is 0.0964. The summed E-state index contributed by atoms with van der Waals surface area (Å²) in [7, 11) is 1.50. The van der Waals surface area contributed by atoms with Crippen LogP contribution in [0, 0.1) is 5.82 Å². The van der Waals surface area contributed by atoms with Gasteiger partial charge in [0.05, 0.1) is 23.5 Å². The minimum absolute atomic E-state index is 0.0247. The number of hydrazine groups is 1. The van der Waals surface area contributed by atoms with Gasteiger partial charge in [-0.1, -0.05) is 11.6 Å². The third-order valence-electron chi connectivity index (χ3n) is 3.29. The Hall–Kier alpha value is -3.40. The van der Waals surface area contributed by atoms with Crippen molar-refractivity contribution in [2.24, 2.45) is 0 Å². The van der Waals surface area contributed by atoms with Crippen molar-refractivity contribution in [1.82, 2.24) is 15.7 Å². The highest BCUT2D eigenvalue weighted by Gasteiger charge is 2.14. The number of amides is 4. The van der Waals surface area contributed by atoms with Crippen LogP contribution in [0.4, 0.5) is 25.5 Å². The first-order valence-corrected chi connectivity index (χ1v) is 8.38. The van der Waals surface area contributed by atoms with Gasteiger partial charge in [0, 0.05) is 12.6 Å². The van der Waals surface area contributed by atoms with Gasteiger partial charge in [-0.15, -0.1) is 0 Å². The molecule has 148 valence electrons. The number of pyridine rings is 1. The molecule has 0 spiro atoms. The zero-order valence-corrected chi connectivity index (χ0v) is 15.7. The van der Waals surface area contributed by atoms with Gasteiger partial charge in [0.1, 0.15) is 11.6 Å². The first-order valence-electron chi connectivity index (χ1n) is 8.00. The highest BCUT2D eigenvalue weighted by atomic mass is 35.5. The van der Waals surface area contributed by atoms with Gasteiger partial charge < -0.3 is 4.74 Å². The first-order chi connectivity index (χ1) is 13.3. The Morgan fingerprint density at radius 2 is 2.00 bits per heavy atom. The van der Waals surface area contributed by atoms with E-state index < -0.39 is 23.8 Å². The van der Waals surface area contributed by atoms with Gasteiger partial charge >= 0.3 is 12.1 Å². The van der Waals surface area contributed by atoms with Crippen LogP contribution in [0.1, 0.15) is 17.3 Å². The molecule has 1 heterocycles. The molecule has 9 nitrogen and oxygen atoms in total. The summed E-state index contributed by atoms with van der Waals surface area (Å²) in [5.41, 5.74) is 2.81. The van der Waals surface area contributed by atoms with Gasteiger partial charge in [0.2, 0.25) is 0 Å². The van der Waals surface area contributed by atoms with Crippen LogP contribution >= 0.6 is 11.6 Å². The Morgan fingerprint density at radius 3 is 2.61 bits per heavy atom. The SMILES string of the molecule is CCOC(=O)Nc1ccc(N(C)NC(=O)NC(=O)c2ccc(F)c(Cl)c2)nc1.